The highest BCUT2D eigenvalue weighted by atomic mass is 16.5. The minimum atomic E-state index is -0.395. The number of hydrogen-bond acceptors (Lipinski definition) is 3. The van der Waals surface area contributed by atoms with Gasteiger partial charge in [-0.3, -0.25) is 4.79 Å². The third kappa shape index (κ3) is 5.33. The predicted molar refractivity (Wildman–Crippen MR) is 95.5 cm³/mol. The van der Waals surface area contributed by atoms with E-state index in [0.29, 0.717) is 6.42 Å². The van der Waals surface area contributed by atoms with Gasteiger partial charge in [0.2, 0.25) is 0 Å². The van der Waals surface area contributed by atoms with Crippen molar-refractivity contribution in [1.29, 1.82) is 0 Å². The Morgan fingerprint density at radius 1 is 1.08 bits per heavy atom. The molecule has 0 aliphatic heterocycles. The zero-order chi connectivity index (χ0) is 17.2. The van der Waals surface area contributed by atoms with Crippen molar-refractivity contribution in [2.75, 3.05) is 14.2 Å². The molecule has 0 fully saturated rings. The Hall–Kier alpha value is -2.99. The number of carbonyl (C=O) groups is 1. The standard InChI is InChI=1S/C21H20O3/c1-23-20-15-12-18(13-16-20)11-14-19(21(22)24-2)10-6-9-17-7-4-3-5-8-17/h3-5,7-8,11-16,19H,10H2,1-2H3/b14-11+. The molecule has 0 amide bonds. The van der Waals surface area contributed by atoms with Gasteiger partial charge >= 0.3 is 5.97 Å². The van der Waals surface area contributed by atoms with Crippen molar-refractivity contribution in [2.45, 2.75) is 6.42 Å². The lowest BCUT2D eigenvalue weighted by Gasteiger charge is -2.06. The van der Waals surface area contributed by atoms with E-state index in [1.54, 1.807) is 7.11 Å². The molecule has 2 aromatic carbocycles. The summed E-state index contributed by atoms with van der Waals surface area (Å²) in [5.74, 6) is 6.22. The quantitative estimate of drug-likeness (QED) is 0.618. The molecule has 0 heterocycles. The Kier molecular flexibility index (Phi) is 6.67. The maximum absolute atomic E-state index is 11.9. The first-order chi connectivity index (χ1) is 11.7. The van der Waals surface area contributed by atoms with Crippen LogP contribution in [0.3, 0.4) is 0 Å². The summed E-state index contributed by atoms with van der Waals surface area (Å²) in [5.41, 5.74) is 1.92. The summed E-state index contributed by atoms with van der Waals surface area (Å²) in [7, 11) is 3.02. The fourth-order valence-electron chi connectivity index (χ4n) is 2.11. The van der Waals surface area contributed by atoms with Crippen molar-refractivity contribution in [3.05, 3.63) is 71.8 Å². The monoisotopic (exact) mass is 320 g/mol. The molecule has 0 saturated heterocycles. The average Bonchev–Trinajstić information content (AvgIpc) is 2.65. The number of carbonyl (C=O) groups excluding carboxylic acids is 1. The zero-order valence-corrected chi connectivity index (χ0v) is 13.9. The highest BCUT2D eigenvalue weighted by Crippen LogP contribution is 2.15. The Labute approximate surface area is 142 Å². The molecule has 3 heteroatoms. The van der Waals surface area contributed by atoms with Crippen molar-refractivity contribution >= 4 is 12.0 Å². The normalized spacial score (nSPS) is 11.4. The van der Waals surface area contributed by atoms with E-state index in [4.69, 9.17) is 9.47 Å². The highest BCUT2D eigenvalue weighted by molar-refractivity contribution is 5.76. The lowest BCUT2D eigenvalue weighted by atomic mass is 10.0. The van der Waals surface area contributed by atoms with Gasteiger partial charge in [0.1, 0.15) is 5.75 Å². The molecule has 1 unspecified atom stereocenters. The zero-order valence-electron chi connectivity index (χ0n) is 13.9. The van der Waals surface area contributed by atoms with Crippen molar-refractivity contribution in [2.24, 2.45) is 5.92 Å². The largest absolute Gasteiger partial charge is 0.497 e. The van der Waals surface area contributed by atoms with Gasteiger partial charge in [0, 0.05) is 12.0 Å². The van der Waals surface area contributed by atoms with E-state index in [-0.39, 0.29) is 5.97 Å². The topological polar surface area (TPSA) is 35.5 Å². The van der Waals surface area contributed by atoms with Crippen molar-refractivity contribution in [3.63, 3.8) is 0 Å². The van der Waals surface area contributed by atoms with E-state index in [9.17, 15) is 4.79 Å². The van der Waals surface area contributed by atoms with Gasteiger partial charge in [0.15, 0.2) is 0 Å². The molecular weight excluding hydrogens is 300 g/mol. The van der Waals surface area contributed by atoms with Gasteiger partial charge < -0.3 is 9.47 Å². The summed E-state index contributed by atoms with van der Waals surface area (Å²) in [6, 6.07) is 17.3. The van der Waals surface area contributed by atoms with Crippen LogP contribution in [0, 0.1) is 17.8 Å². The molecule has 0 saturated carbocycles. The number of benzene rings is 2. The Bertz CT molecular complexity index is 734. The van der Waals surface area contributed by atoms with E-state index in [0.717, 1.165) is 16.9 Å². The smallest absolute Gasteiger partial charge is 0.313 e. The van der Waals surface area contributed by atoms with Crippen LogP contribution in [-0.4, -0.2) is 20.2 Å². The van der Waals surface area contributed by atoms with Gasteiger partial charge in [-0.2, -0.15) is 0 Å². The van der Waals surface area contributed by atoms with Gasteiger partial charge in [-0.1, -0.05) is 54.3 Å². The SMILES string of the molecule is COC(=O)C(/C=C/c1ccc(OC)cc1)CC#Cc1ccccc1. The molecule has 0 spiro atoms. The van der Waals surface area contributed by atoms with Crippen molar-refractivity contribution < 1.29 is 14.3 Å². The Balaban J connectivity index is 2.06. The van der Waals surface area contributed by atoms with Crippen LogP contribution < -0.4 is 4.74 Å². The Morgan fingerprint density at radius 3 is 2.42 bits per heavy atom. The molecule has 122 valence electrons. The molecule has 2 rings (SSSR count). The van der Waals surface area contributed by atoms with Crippen LogP contribution in [0.5, 0.6) is 5.75 Å². The van der Waals surface area contributed by atoms with E-state index >= 15 is 0 Å². The molecule has 1 atom stereocenters. The van der Waals surface area contributed by atoms with Gasteiger partial charge in [-0.15, -0.1) is 0 Å². The molecule has 24 heavy (non-hydrogen) atoms. The van der Waals surface area contributed by atoms with Gasteiger partial charge in [0.25, 0.3) is 0 Å². The maximum Gasteiger partial charge on any atom is 0.313 e. The summed E-state index contributed by atoms with van der Waals surface area (Å²) < 4.78 is 9.99. The van der Waals surface area contributed by atoms with Gasteiger partial charge in [0.05, 0.1) is 20.1 Å². The molecule has 0 N–H and O–H groups in total. The second kappa shape index (κ2) is 9.22. The first-order valence-corrected chi connectivity index (χ1v) is 7.67. The number of esters is 1. The fourth-order valence-corrected chi connectivity index (χ4v) is 2.11. The number of methoxy groups -OCH3 is 2. The molecule has 3 nitrogen and oxygen atoms in total. The summed E-state index contributed by atoms with van der Waals surface area (Å²) in [6.45, 7) is 0. The summed E-state index contributed by atoms with van der Waals surface area (Å²) in [4.78, 5) is 11.9. The van der Waals surface area contributed by atoms with Crippen LogP contribution >= 0.6 is 0 Å². The summed E-state index contributed by atoms with van der Waals surface area (Å²) in [6.07, 6.45) is 4.13. The van der Waals surface area contributed by atoms with Crippen LogP contribution in [0.4, 0.5) is 0 Å². The third-order valence-corrected chi connectivity index (χ3v) is 3.47. The van der Waals surface area contributed by atoms with E-state index < -0.39 is 5.92 Å². The molecule has 0 aliphatic rings. The third-order valence-electron chi connectivity index (χ3n) is 3.47. The minimum absolute atomic E-state index is 0.290. The number of ether oxygens (including phenoxy) is 2. The van der Waals surface area contributed by atoms with Crippen LogP contribution in [0.1, 0.15) is 17.5 Å². The van der Waals surface area contributed by atoms with Crippen LogP contribution in [0.2, 0.25) is 0 Å². The number of hydrogen-bond donors (Lipinski definition) is 0. The molecule has 2 aromatic rings. The second-order valence-corrected chi connectivity index (χ2v) is 5.13. The molecule has 0 aliphatic carbocycles. The molecular formula is C21H20O3. The molecule has 0 radical (unpaired) electrons. The summed E-state index contributed by atoms with van der Waals surface area (Å²) >= 11 is 0. The van der Waals surface area contributed by atoms with E-state index in [1.807, 2.05) is 66.7 Å². The lowest BCUT2D eigenvalue weighted by Crippen LogP contribution is -2.13. The average molecular weight is 320 g/mol. The fraction of sp³-hybridized carbons (Fsp3) is 0.190. The van der Waals surface area contributed by atoms with Gasteiger partial charge in [-0.05, 0) is 29.8 Å². The van der Waals surface area contributed by atoms with Crippen LogP contribution in [-0.2, 0) is 9.53 Å². The molecule has 0 aromatic heterocycles. The van der Waals surface area contributed by atoms with Crippen LogP contribution in [0.25, 0.3) is 6.08 Å². The number of rotatable bonds is 5. The highest BCUT2D eigenvalue weighted by Gasteiger charge is 2.14. The first kappa shape index (κ1) is 17.4. The first-order valence-electron chi connectivity index (χ1n) is 7.67. The van der Waals surface area contributed by atoms with Crippen molar-refractivity contribution in [1.82, 2.24) is 0 Å². The maximum atomic E-state index is 11.9. The van der Waals surface area contributed by atoms with E-state index in [1.165, 1.54) is 7.11 Å². The lowest BCUT2D eigenvalue weighted by molar-refractivity contribution is -0.143. The second-order valence-electron chi connectivity index (χ2n) is 5.13. The van der Waals surface area contributed by atoms with Crippen molar-refractivity contribution in [3.8, 4) is 17.6 Å². The van der Waals surface area contributed by atoms with Crippen LogP contribution in [0.15, 0.2) is 60.7 Å². The minimum Gasteiger partial charge on any atom is -0.497 e. The predicted octanol–water partition coefficient (Wildman–Crippen LogP) is 3.94. The summed E-state index contributed by atoms with van der Waals surface area (Å²) in [5, 5.41) is 0. The van der Waals surface area contributed by atoms with Gasteiger partial charge in [-0.25, -0.2) is 0 Å². The van der Waals surface area contributed by atoms with E-state index in [2.05, 4.69) is 11.8 Å². The Morgan fingerprint density at radius 2 is 1.79 bits per heavy atom. The molecule has 0 bridgehead atoms.